The van der Waals surface area contributed by atoms with Crippen LogP contribution in [0.3, 0.4) is 0 Å². The Kier molecular flexibility index (Phi) is 12.6. The minimum atomic E-state index is -0.846. The quantitative estimate of drug-likeness (QED) is 0.156. The lowest BCUT2D eigenvalue weighted by Crippen LogP contribution is -2.54. The summed E-state index contributed by atoms with van der Waals surface area (Å²) in [4.78, 5) is 68.4. The summed E-state index contributed by atoms with van der Waals surface area (Å²) in [6.07, 6.45) is 8.69. The summed E-state index contributed by atoms with van der Waals surface area (Å²) in [5.41, 5.74) is 0.156. The van der Waals surface area contributed by atoms with E-state index in [1.165, 1.54) is 17.9 Å². The van der Waals surface area contributed by atoms with E-state index in [0.29, 0.717) is 10.4 Å². The molecule has 1 aliphatic rings. The minimum absolute atomic E-state index is 0.00671. The zero-order valence-corrected chi connectivity index (χ0v) is 25.4. The number of hydrogen-bond donors (Lipinski definition) is 1. The van der Waals surface area contributed by atoms with Crippen LogP contribution in [0.4, 0.5) is 0 Å². The largest absolute Gasteiger partial charge is 0.359 e. The van der Waals surface area contributed by atoms with Crippen LogP contribution in [0.5, 0.6) is 0 Å². The van der Waals surface area contributed by atoms with Gasteiger partial charge in [0.15, 0.2) is 0 Å². The molecule has 1 fully saturated rings. The number of halogens is 1. The van der Waals surface area contributed by atoms with Gasteiger partial charge in [-0.25, -0.2) is 4.79 Å². The molecule has 10 heteroatoms. The Morgan fingerprint density at radius 3 is 2.18 bits per heavy atom. The van der Waals surface area contributed by atoms with Gasteiger partial charge in [-0.05, 0) is 29.7 Å². The molecule has 0 radical (unpaired) electrons. The summed E-state index contributed by atoms with van der Waals surface area (Å²) < 4.78 is 0. The summed E-state index contributed by atoms with van der Waals surface area (Å²) in [5, 5.41) is 4.08. The monoisotopic (exact) mass is 595 g/mol. The van der Waals surface area contributed by atoms with Gasteiger partial charge in [-0.3, -0.25) is 19.2 Å². The zero-order chi connectivity index (χ0) is 29.3. The van der Waals surface area contributed by atoms with Gasteiger partial charge >= 0.3 is 5.97 Å². The number of carbonyl (C=O) groups excluding carboxylic acids is 5. The third-order valence-corrected chi connectivity index (χ3v) is 6.51. The van der Waals surface area contributed by atoms with Crippen molar-refractivity contribution in [3.63, 3.8) is 0 Å². The third-order valence-electron chi connectivity index (χ3n) is 6.18. The van der Waals surface area contributed by atoms with Gasteiger partial charge < -0.3 is 15.1 Å². The Balaban J connectivity index is 2.92. The molecule has 1 N–H and O–H groups in total. The van der Waals surface area contributed by atoms with Crippen LogP contribution in [0.25, 0.3) is 0 Å². The number of imide groups is 1. The second kappa shape index (κ2) is 14.4. The SMILES string of the molecule is CC/C=C\C(=C/CBr)C(C)(C)CC(=O)NC(C(=O)N(C)C/C=C(\C)C(=O)ON1C(=O)CCC1=O)C(C)(C)C. The second-order valence-corrected chi connectivity index (χ2v) is 11.8. The fourth-order valence-corrected chi connectivity index (χ4v) is 4.09. The van der Waals surface area contributed by atoms with Gasteiger partial charge in [-0.2, -0.15) is 0 Å². The van der Waals surface area contributed by atoms with Crippen molar-refractivity contribution >= 4 is 45.5 Å². The van der Waals surface area contributed by atoms with E-state index in [2.05, 4.69) is 27.3 Å². The highest BCUT2D eigenvalue weighted by Gasteiger charge is 2.36. The van der Waals surface area contributed by atoms with Crippen molar-refractivity contribution in [3.8, 4) is 0 Å². The van der Waals surface area contributed by atoms with Crippen LogP contribution in [0.15, 0.2) is 35.5 Å². The molecule has 1 heterocycles. The first-order chi connectivity index (χ1) is 17.5. The van der Waals surface area contributed by atoms with Gasteiger partial charge in [-0.1, -0.05) is 81.8 Å². The second-order valence-electron chi connectivity index (χ2n) is 11.1. The van der Waals surface area contributed by atoms with Gasteiger partial charge in [0.1, 0.15) is 6.04 Å². The highest BCUT2D eigenvalue weighted by atomic mass is 79.9. The number of nitrogens with one attached hydrogen (secondary N) is 1. The number of hydrogen-bond acceptors (Lipinski definition) is 6. The molecule has 0 aromatic carbocycles. The molecule has 0 spiro atoms. The van der Waals surface area contributed by atoms with Gasteiger partial charge in [-0.15, -0.1) is 5.06 Å². The molecule has 38 heavy (non-hydrogen) atoms. The fraction of sp³-hybridized carbons (Fsp3) is 0.607. The summed E-state index contributed by atoms with van der Waals surface area (Å²) in [5.74, 6) is -2.52. The summed E-state index contributed by atoms with van der Waals surface area (Å²) in [6, 6.07) is -0.800. The van der Waals surface area contributed by atoms with Crippen LogP contribution < -0.4 is 5.32 Å². The van der Waals surface area contributed by atoms with Crippen LogP contribution in [0.1, 0.15) is 74.1 Å². The molecule has 0 saturated carbocycles. The van der Waals surface area contributed by atoms with Crippen molar-refractivity contribution in [3.05, 3.63) is 35.5 Å². The van der Waals surface area contributed by atoms with Gasteiger partial charge in [0, 0.05) is 43.8 Å². The Morgan fingerprint density at radius 1 is 1.11 bits per heavy atom. The Bertz CT molecular complexity index is 991. The average Bonchev–Trinajstić information content (AvgIpc) is 3.13. The van der Waals surface area contributed by atoms with E-state index in [4.69, 9.17) is 4.84 Å². The Morgan fingerprint density at radius 2 is 1.68 bits per heavy atom. The normalized spacial score (nSPS) is 16.2. The Hall–Kier alpha value is -2.75. The van der Waals surface area contributed by atoms with Crippen molar-refractivity contribution < 1.29 is 28.8 Å². The highest BCUT2D eigenvalue weighted by molar-refractivity contribution is 9.09. The molecule has 0 aliphatic carbocycles. The molecular weight excluding hydrogens is 554 g/mol. The fourth-order valence-electron chi connectivity index (χ4n) is 3.74. The molecule has 0 bridgehead atoms. The van der Waals surface area contributed by atoms with Gasteiger partial charge in [0.25, 0.3) is 11.8 Å². The van der Waals surface area contributed by atoms with Crippen LogP contribution in [-0.4, -0.2) is 64.5 Å². The topological polar surface area (TPSA) is 113 Å². The predicted molar refractivity (Wildman–Crippen MR) is 150 cm³/mol. The molecule has 4 amide bonds. The Labute approximate surface area is 234 Å². The van der Waals surface area contributed by atoms with E-state index in [9.17, 15) is 24.0 Å². The van der Waals surface area contributed by atoms with Crippen LogP contribution in [0, 0.1) is 10.8 Å². The first-order valence-electron chi connectivity index (χ1n) is 12.8. The number of amides is 4. The van der Waals surface area contributed by atoms with E-state index >= 15 is 0 Å². The number of likely N-dealkylation sites (N-methyl/N-ethyl adjacent to an activating group) is 1. The molecule has 212 valence electrons. The van der Waals surface area contributed by atoms with E-state index in [-0.39, 0.29) is 43.2 Å². The van der Waals surface area contributed by atoms with Crippen LogP contribution >= 0.6 is 15.9 Å². The molecule has 1 unspecified atom stereocenters. The molecule has 1 rings (SSSR count). The van der Waals surface area contributed by atoms with Crippen molar-refractivity contribution in [2.45, 2.75) is 80.2 Å². The third kappa shape index (κ3) is 9.85. The summed E-state index contributed by atoms with van der Waals surface area (Å²) in [6.45, 7) is 13.2. The number of carbonyl (C=O) groups is 5. The summed E-state index contributed by atoms with van der Waals surface area (Å²) in [7, 11) is 1.58. The first-order valence-corrected chi connectivity index (χ1v) is 13.9. The molecule has 1 atom stereocenters. The molecular formula is C28H42BrN3O6. The average molecular weight is 597 g/mol. The molecule has 1 saturated heterocycles. The van der Waals surface area contributed by atoms with E-state index < -0.39 is 34.7 Å². The van der Waals surface area contributed by atoms with Crippen LogP contribution in [-0.2, 0) is 28.8 Å². The first kappa shape index (κ1) is 33.3. The van der Waals surface area contributed by atoms with E-state index in [1.807, 2.05) is 53.7 Å². The smallest absolute Gasteiger partial charge is 0.344 e. The van der Waals surface area contributed by atoms with Crippen molar-refractivity contribution in [2.75, 3.05) is 18.9 Å². The number of rotatable bonds is 12. The van der Waals surface area contributed by atoms with E-state index in [1.54, 1.807) is 7.05 Å². The van der Waals surface area contributed by atoms with Gasteiger partial charge in [0.2, 0.25) is 11.8 Å². The predicted octanol–water partition coefficient (Wildman–Crippen LogP) is 4.23. The lowest BCUT2D eigenvalue weighted by atomic mass is 9.79. The highest BCUT2D eigenvalue weighted by Crippen LogP contribution is 2.32. The maximum atomic E-state index is 13.4. The van der Waals surface area contributed by atoms with Crippen molar-refractivity contribution in [2.24, 2.45) is 10.8 Å². The standard InChI is InChI=1S/C28H42BrN3O6/c1-9-10-11-20(14-16-29)28(6,7)18-21(33)30-24(27(3,4)5)25(36)31(8)17-15-19(2)26(37)38-32-22(34)12-13-23(32)35/h10-11,14-15,24H,9,12-13,16-18H2,1-8H3,(H,30,33)/b11-10-,19-15+,20-14+. The zero-order valence-electron chi connectivity index (χ0n) is 23.9. The lowest BCUT2D eigenvalue weighted by molar-refractivity contribution is -0.194. The lowest BCUT2D eigenvalue weighted by Gasteiger charge is -2.34. The summed E-state index contributed by atoms with van der Waals surface area (Å²) >= 11 is 3.44. The number of allylic oxidation sites excluding steroid dienone is 4. The van der Waals surface area contributed by atoms with Crippen molar-refractivity contribution in [1.82, 2.24) is 15.3 Å². The van der Waals surface area contributed by atoms with Crippen LogP contribution in [0.2, 0.25) is 0 Å². The molecule has 0 aromatic rings. The maximum absolute atomic E-state index is 13.4. The number of alkyl halides is 1. The maximum Gasteiger partial charge on any atom is 0.359 e. The number of nitrogens with zero attached hydrogens (tertiary/aromatic N) is 2. The van der Waals surface area contributed by atoms with Crippen molar-refractivity contribution in [1.29, 1.82) is 0 Å². The van der Waals surface area contributed by atoms with E-state index in [0.717, 1.165) is 12.0 Å². The molecule has 0 aromatic heterocycles. The van der Waals surface area contributed by atoms with Gasteiger partial charge in [0.05, 0.1) is 0 Å². The number of hydroxylamine groups is 2. The minimum Gasteiger partial charge on any atom is -0.344 e. The molecule has 1 aliphatic heterocycles. The molecule has 9 nitrogen and oxygen atoms in total.